The van der Waals surface area contributed by atoms with Crippen LogP contribution in [-0.4, -0.2) is 37.2 Å². The second-order valence-corrected chi connectivity index (χ2v) is 22.3. The summed E-state index contributed by atoms with van der Waals surface area (Å²) >= 11 is 0. The molecule has 0 spiro atoms. The first-order chi connectivity index (χ1) is 33.2. The average molecular weight is 962 g/mol. The maximum atomic E-state index is 12.9. The van der Waals surface area contributed by atoms with Gasteiger partial charge in [0.2, 0.25) is 0 Å². The van der Waals surface area contributed by atoms with Crippen molar-refractivity contribution in [1.82, 2.24) is 0 Å². The van der Waals surface area contributed by atoms with E-state index in [1.807, 2.05) is 0 Å². The summed E-state index contributed by atoms with van der Waals surface area (Å²) in [6, 6.07) is 0. The van der Waals surface area contributed by atoms with Crippen LogP contribution in [0.15, 0.2) is 0 Å². The molecule has 0 aromatic carbocycles. The summed E-state index contributed by atoms with van der Waals surface area (Å²) in [6.07, 6.45) is 59.5. The number of carbonyl (C=O) groups is 3. The Kier molecular flexibility index (Phi) is 53.5. The van der Waals surface area contributed by atoms with E-state index >= 15 is 0 Å². The van der Waals surface area contributed by atoms with Crippen LogP contribution < -0.4 is 0 Å². The summed E-state index contributed by atoms with van der Waals surface area (Å²) in [5, 5.41) is 0. The zero-order chi connectivity index (χ0) is 49.6. The fourth-order valence-corrected chi connectivity index (χ4v) is 9.58. The molecule has 0 radical (unpaired) electrons. The van der Waals surface area contributed by atoms with Crippen molar-refractivity contribution in [2.24, 2.45) is 11.8 Å². The summed E-state index contributed by atoms with van der Waals surface area (Å²) in [5.41, 5.74) is 0. The lowest BCUT2D eigenvalue weighted by atomic mass is 10.0. The minimum Gasteiger partial charge on any atom is -0.462 e. The molecule has 0 unspecified atom stereocenters. The first-order valence-electron chi connectivity index (χ1n) is 30.7. The molecule has 0 aliphatic heterocycles. The van der Waals surface area contributed by atoms with E-state index in [1.54, 1.807) is 0 Å². The van der Waals surface area contributed by atoms with E-state index in [0.717, 1.165) is 69.6 Å². The molecule has 0 amide bonds. The highest BCUT2D eigenvalue weighted by atomic mass is 16.6. The van der Waals surface area contributed by atoms with E-state index in [4.69, 9.17) is 14.2 Å². The monoisotopic (exact) mass is 961 g/mol. The molecule has 6 nitrogen and oxygen atoms in total. The highest BCUT2D eigenvalue weighted by Gasteiger charge is 2.19. The van der Waals surface area contributed by atoms with E-state index in [9.17, 15) is 14.4 Å². The predicted molar refractivity (Wildman–Crippen MR) is 293 cm³/mol. The summed E-state index contributed by atoms with van der Waals surface area (Å²) < 4.78 is 16.9. The van der Waals surface area contributed by atoms with Crippen molar-refractivity contribution in [2.45, 2.75) is 355 Å². The fraction of sp³-hybridized carbons (Fsp3) is 0.952. The SMILES string of the molecule is CCCCCCCCCCCCCCCCCC(=O)OC[C@@H](COC(=O)CCCCCCCCCCCCCCCCC(C)C)OC(=O)CCCCCCCCCCCCCCCCCC(C)C. The molecule has 0 saturated carbocycles. The van der Waals surface area contributed by atoms with Crippen molar-refractivity contribution in [3.05, 3.63) is 0 Å². The Morgan fingerprint density at radius 3 is 0.721 bits per heavy atom. The zero-order valence-corrected chi connectivity index (χ0v) is 46.7. The van der Waals surface area contributed by atoms with Crippen molar-refractivity contribution >= 4 is 17.9 Å². The minimum absolute atomic E-state index is 0.0620. The molecular weight excluding hydrogens is 841 g/mol. The Labute approximate surface area is 425 Å². The van der Waals surface area contributed by atoms with Crippen LogP contribution >= 0.6 is 0 Å². The molecular formula is C62H120O6. The lowest BCUT2D eigenvalue weighted by Crippen LogP contribution is -2.30. The maximum absolute atomic E-state index is 12.9. The quantitative estimate of drug-likeness (QED) is 0.0343. The van der Waals surface area contributed by atoms with Crippen LogP contribution in [0.3, 0.4) is 0 Å². The lowest BCUT2D eigenvalue weighted by molar-refractivity contribution is -0.167. The number of esters is 3. The van der Waals surface area contributed by atoms with Gasteiger partial charge in [-0.2, -0.15) is 0 Å². The van der Waals surface area contributed by atoms with Crippen LogP contribution in [0, 0.1) is 11.8 Å². The topological polar surface area (TPSA) is 78.9 Å². The Balaban J connectivity index is 4.29. The van der Waals surface area contributed by atoms with Crippen LogP contribution in [0.5, 0.6) is 0 Å². The van der Waals surface area contributed by atoms with Gasteiger partial charge in [0.25, 0.3) is 0 Å². The number of rotatable bonds is 56. The van der Waals surface area contributed by atoms with E-state index in [2.05, 4.69) is 34.6 Å². The number of hydrogen-bond donors (Lipinski definition) is 0. The maximum Gasteiger partial charge on any atom is 0.306 e. The molecule has 0 aliphatic carbocycles. The molecule has 0 saturated heterocycles. The van der Waals surface area contributed by atoms with Crippen molar-refractivity contribution < 1.29 is 28.6 Å². The van der Waals surface area contributed by atoms with Crippen LogP contribution in [0.1, 0.15) is 349 Å². The Morgan fingerprint density at radius 1 is 0.279 bits per heavy atom. The standard InChI is InChI=1S/C62H120O6/c1-6-7-8-9-10-11-12-13-15-22-27-32-37-42-47-52-60(63)66-55-59(56-67-61(64)53-48-43-38-33-28-23-19-18-21-26-31-36-41-46-51-58(4)5)68-62(65)54-49-44-39-34-29-24-17-14-16-20-25-30-35-40-45-50-57(2)3/h57-59H,6-56H2,1-5H3/t59-/m0/s1. The van der Waals surface area contributed by atoms with Crippen molar-refractivity contribution in [1.29, 1.82) is 0 Å². The van der Waals surface area contributed by atoms with Gasteiger partial charge in [0.1, 0.15) is 13.2 Å². The van der Waals surface area contributed by atoms with Crippen LogP contribution in [-0.2, 0) is 28.6 Å². The summed E-state index contributed by atoms with van der Waals surface area (Å²) in [5.74, 6) is 0.859. The number of carbonyl (C=O) groups excluding carboxylic acids is 3. The molecule has 0 aromatic heterocycles. The molecule has 0 aliphatic rings. The molecule has 0 heterocycles. The van der Waals surface area contributed by atoms with Gasteiger partial charge in [0, 0.05) is 19.3 Å². The van der Waals surface area contributed by atoms with E-state index in [-0.39, 0.29) is 31.1 Å². The Hall–Kier alpha value is -1.59. The van der Waals surface area contributed by atoms with Crippen molar-refractivity contribution in [2.75, 3.05) is 13.2 Å². The van der Waals surface area contributed by atoms with E-state index < -0.39 is 6.10 Å². The van der Waals surface area contributed by atoms with Crippen LogP contribution in [0.25, 0.3) is 0 Å². The molecule has 0 fully saturated rings. The van der Waals surface area contributed by atoms with E-state index in [0.29, 0.717) is 19.3 Å². The third-order valence-corrected chi connectivity index (χ3v) is 14.2. The summed E-state index contributed by atoms with van der Waals surface area (Å²) in [6.45, 7) is 11.4. The van der Waals surface area contributed by atoms with Gasteiger partial charge in [0.15, 0.2) is 6.10 Å². The highest BCUT2D eigenvalue weighted by molar-refractivity contribution is 5.71. The van der Waals surface area contributed by atoms with Gasteiger partial charge < -0.3 is 14.2 Å². The van der Waals surface area contributed by atoms with Crippen LogP contribution in [0.2, 0.25) is 0 Å². The number of ether oxygens (including phenoxy) is 3. The van der Waals surface area contributed by atoms with Gasteiger partial charge in [-0.25, -0.2) is 0 Å². The Bertz CT molecular complexity index is 1040. The molecule has 1 atom stereocenters. The average Bonchev–Trinajstić information content (AvgIpc) is 3.31. The predicted octanol–water partition coefficient (Wildman–Crippen LogP) is 20.4. The normalized spacial score (nSPS) is 12.0. The van der Waals surface area contributed by atoms with Crippen molar-refractivity contribution in [3.63, 3.8) is 0 Å². The fourth-order valence-electron chi connectivity index (χ4n) is 9.58. The molecule has 0 N–H and O–H groups in total. The molecule has 0 rings (SSSR count). The second-order valence-electron chi connectivity index (χ2n) is 22.3. The summed E-state index contributed by atoms with van der Waals surface area (Å²) in [7, 11) is 0. The lowest BCUT2D eigenvalue weighted by Gasteiger charge is -2.18. The first-order valence-corrected chi connectivity index (χ1v) is 30.7. The molecule has 0 bridgehead atoms. The minimum atomic E-state index is -0.763. The van der Waals surface area contributed by atoms with Gasteiger partial charge in [-0.15, -0.1) is 0 Å². The third-order valence-electron chi connectivity index (χ3n) is 14.2. The molecule has 6 heteroatoms. The molecule has 68 heavy (non-hydrogen) atoms. The van der Waals surface area contributed by atoms with Gasteiger partial charge in [-0.1, -0.05) is 311 Å². The number of hydrogen-bond acceptors (Lipinski definition) is 6. The van der Waals surface area contributed by atoms with Gasteiger partial charge >= 0.3 is 17.9 Å². The highest BCUT2D eigenvalue weighted by Crippen LogP contribution is 2.19. The second kappa shape index (κ2) is 54.7. The van der Waals surface area contributed by atoms with Gasteiger partial charge in [-0.3, -0.25) is 14.4 Å². The third kappa shape index (κ3) is 55.3. The molecule has 0 aromatic rings. The summed E-state index contributed by atoms with van der Waals surface area (Å²) in [4.78, 5) is 38.2. The van der Waals surface area contributed by atoms with Gasteiger partial charge in [0.05, 0.1) is 0 Å². The van der Waals surface area contributed by atoms with Crippen molar-refractivity contribution in [3.8, 4) is 0 Å². The van der Waals surface area contributed by atoms with Gasteiger partial charge in [-0.05, 0) is 31.1 Å². The largest absolute Gasteiger partial charge is 0.462 e. The van der Waals surface area contributed by atoms with Crippen LogP contribution in [0.4, 0.5) is 0 Å². The molecule has 404 valence electrons. The zero-order valence-electron chi connectivity index (χ0n) is 46.7. The first kappa shape index (κ1) is 66.4. The Morgan fingerprint density at radius 2 is 0.485 bits per heavy atom. The van der Waals surface area contributed by atoms with E-state index in [1.165, 1.54) is 238 Å². The smallest absolute Gasteiger partial charge is 0.306 e. The number of unbranched alkanes of at least 4 members (excludes halogenated alkanes) is 41.